The summed E-state index contributed by atoms with van der Waals surface area (Å²) in [5.41, 5.74) is 0.378. The number of ether oxygens (including phenoxy) is 3. The quantitative estimate of drug-likeness (QED) is 0.889. The molecule has 4 rings (SSSR count). The van der Waals surface area contributed by atoms with Gasteiger partial charge >= 0.3 is 5.97 Å². The fourth-order valence-electron chi connectivity index (χ4n) is 4.52. The molecule has 0 radical (unpaired) electrons. The van der Waals surface area contributed by atoms with Gasteiger partial charge in [0.05, 0.1) is 7.11 Å². The first-order chi connectivity index (χ1) is 12.6. The van der Waals surface area contributed by atoms with Gasteiger partial charge in [0.2, 0.25) is 5.75 Å². The van der Waals surface area contributed by atoms with Crippen molar-refractivity contribution in [2.45, 2.75) is 44.2 Å². The van der Waals surface area contributed by atoms with Crippen molar-refractivity contribution in [3.05, 3.63) is 17.7 Å². The highest BCUT2D eigenvalue weighted by Gasteiger charge is 2.47. The van der Waals surface area contributed by atoms with Crippen LogP contribution in [0.4, 0.5) is 0 Å². The number of methoxy groups -OCH3 is 1. The van der Waals surface area contributed by atoms with E-state index in [4.69, 9.17) is 14.2 Å². The normalized spacial score (nSPS) is 27.0. The van der Waals surface area contributed by atoms with E-state index in [-0.39, 0.29) is 17.9 Å². The number of carbonyl (C=O) groups excluding carboxylic acids is 1. The molecular weight excluding hydrogens is 338 g/mol. The summed E-state index contributed by atoms with van der Waals surface area (Å²) in [6, 6.07) is 2.48. The molecule has 0 bridgehead atoms. The monoisotopic (exact) mass is 361 g/mol. The van der Waals surface area contributed by atoms with Crippen LogP contribution in [0.2, 0.25) is 0 Å². The Morgan fingerprint density at radius 2 is 1.96 bits per heavy atom. The van der Waals surface area contributed by atoms with Gasteiger partial charge in [-0.25, -0.2) is 4.79 Å². The smallest absolute Gasteiger partial charge is 0.326 e. The van der Waals surface area contributed by atoms with Gasteiger partial charge in [-0.05, 0) is 37.3 Å². The van der Waals surface area contributed by atoms with E-state index < -0.39 is 12.0 Å². The molecule has 0 aromatic heterocycles. The molecule has 26 heavy (non-hydrogen) atoms. The second kappa shape index (κ2) is 6.70. The number of amides is 1. The molecule has 1 saturated heterocycles. The topological polar surface area (TPSA) is 85.3 Å². The highest BCUT2D eigenvalue weighted by molar-refractivity contribution is 5.98. The summed E-state index contributed by atoms with van der Waals surface area (Å²) in [6.07, 6.45) is 4.52. The molecule has 1 aromatic rings. The van der Waals surface area contributed by atoms with Gasteiger partial charge in [-0.15, -0.1) is 0 Å². The van der Waals surface area contributed by atoms with Gasteiger partial charge < -0.3 is 24.2 Å². The van der Waals surface area contributed by atoms with Crippen LogP contribution in [-0.4, -0.2) is 54.3 Å². The number of hydrogen-bond donors (Lipinski definition) is 1. The van der Waals surface area contributed by atoms with Gasteiger partial charge in [0, 0.05) is 11.6 Å². The fourth-order valence-corrected chi connectivity index (χ4v) is 4.52. The maximum absolute atomic E-state index is 13.3. The Bertz CT molecular complexity index is 716. The standard InChI is InChI=1S/C19H23NO6/c1-24-15-9-12(10-16-17(15)26-7-6-25-16)18(21)20-13-5-3-2-4-11(13)8-14(20)19(22)23/h9-11,13-14H,2-8H2,1H3,(H,22,23)/t11-,13+,14+/m1/s1. The summed E-state index contributed by atoms with van der Waals surface area (Å²) < 4.78 is 16.5. The molecule has 1 aliphatic carbocycles. The Labute approximate surface area is 151 Å². The summed E-state index contributed by atoms with van der Waals surface area (Å²) in [6.45, 7) is 0.827. The van der Waals surface area contributed by atoms with Crippen molar-refractivity contribution in [3.8, 4) is 17.2 Å². The predicted molar refractivity (Wildman–Crippen MR) is 91.9 cm³/mol. The van der Waals surface area contributed by atoms with E-state index in [2.05, 4.69) is 0 Å². The SMILES string of the molecule is COc1cc(C(=O)N2[C@H](C(=O)O)C[C@H]3CCCC[C@@H]32)cc2c1OCCO2. The van der Waals surface area contributed by atoms with E-state index in [0.717, 1.165) is 25.7 Å². The Morgan fingerprint density at radius 3 is 2.73 bits per heavy atom. The number of aliphatic carboxylic acids is 1. The van der Waals surface area contributed by atoms with Crippen molar-refractivity contribution < 1.29 is 28.9 Å². The predicted octanol–water partition coefficient (Wildman–Crippen LogP) is 2.32. The van der Waals surface area contributed by atoms with E-state index >= 15 is 0 Å². The number of likely N-dealkylation sites (tertiary alicyclic amines) is 1. The number of hydrogen-bond acceptors (Lipinski definition) is 5. The van der Waals surface area contributed by atoms with E-state index in [1.807, 2.05) is 0 Å². The largest absolute Gasteiger partial charge is 0.493 e. The van der Waals surface area contributed by atoms with Gasteiger partial charge in [-0.1, -0.05) is 12.8 Å². The van der Waals surface area contributed by atoms with Crippen molar-refractivity contribution in [2.75, 3.05) is 20.3 Å². The zero-order valence-electron chi connectivity index (χ0n) is 14.8. The molecule has 1 aromatic carbocycles. The summed E-state index contributed by atoms with van der Waals surface area (Å²) in [5, 5.41) is 9.66. The molecule has 1 amide bonds. The molecule has 2 heterocycles. The van der Waals surface area contributed by atoms with E-state index in [1.165, 1.54) is 7.11 Å². The van der Waals surface area contributed by atoms with E-state index in [1.54, 1.807) is 17.0 Å². The second-order valence-corrected chi connectivity index (χ2v) is 7.12. The zero-order valence-corrected chi connectivity index (χ0v) is 14.8. The molecule has 1 N–H and O–H groups in total. The highest BCUT2D eigenvalue weighted by atomic mass is 16.6. The van der Waals surface area contributed by atoms with Crippen LogP contribution in [0.1, 0.15) is 42.5 Å². The third-order valence-corrected chi connectivity index (χ3v) is 5.68. The molecule has 140 valence electrons. The summed E-state index contributed by atoms with van der Waals surface area (Å²) >= 11 is 0. The lowest BCUT2D eigenvalue weighted by Gasteiger charge is -2.33. The molecule has 2 aliphatic heterocycles. The highest BCUT2D eigenvalue weighted by Crippen LogP contribution is 2.43. The number of carbonyl (C=O) groups is 2. The molecule has 0 unspecified atom stereocenters. The first-order valence-electron chi connectivity index (χ1n) is 9.13. The summed E-state index contributed by atoms with van der Waals surface area (Å²) in [7, 11) is 1.51. The Hall–Kier alpha value is -2.44. The molecule has 2 fully saturated rings. The first-order valence-corrected chi connectivity index (χ1v) is 9.13. The lowest BCUT2D eigenvalue weighted by Crippen LogP contribution is -2.46. The average Bonchev–Trinajstić information content (AvgIpc) is 3.06. The maximum atomic E-state index is 13.3. The third-order valence-electron chi connectivity index (χ3n) is 5.68. The van der Waals surface area contributed by atoms with Gasteiger partial charge in [0.15, 0.2) is 11.5 Å². The van der Waals surface area contributed by atoms with Crippen LogP contribution in [0.5, 0.6) is 17.2 Å². The molecule has 1 saturated carbocycles. The van der Waals surface area contributed by atoms with Crippen LogP contribution in [0, 0.1) is 5.92 Å². The van der Waals surface area contributed by atoms with Crippen LogP contribution in [0.25, 0.3) is 0 Å². The summed E-state index contributed by atoms with van der Waals surface area (Å²) in [5.74, 6) is 0.441. The zero-order chi connectivity index (χ0) is 18.3. The van der Waals surface area contributed by atoms with Gasteiger partial charge in [0.25, 0.3) is 5.91 Å². The number of benzene rings is 1. The van der Waals surface area contributed by atoms with Gasteiger partial charge in [0.1, 0.15) is 19.3 Å². The molecule has 3 aliphatic rings. The third kappa shape index (κ3) is 2.75. The minimum absolute atomic E-state index is 0.00320. The number of carboxylic acid groups (broad SMARTS) is 1. The number of fused-ring (bicyclic) bond motifs is 2. The van der Waals surface area contributed by atoms with E-state index in [9.17, 15) is 14.7 Å². The van der Waals surface area contributed by atoms with Crippen molar-refractivity contribution in [1.29, 1.82) is 0 Å². The van der Waals surface area contributed by atoms with Crippen LogP contribution in [0.15, 0.2) is 12.1 Å². The molecule has 3 atom stereocenters. The van der Waals surface area contributed by atoms with Crippen LogP contribution in [-0.2, 0) is 4.79 Å². The van der Waals surface area contributed by atoms with Crippen molar-refractivity contribution in [2.24, 2.45) is 5.92 Å². The lowest BCUT2D eigenvalue weighted by molar-refractivity contribution is -0.141. The second-order valence-electron chi connectivity index (χ2n) is 7.12. The Morgan fingerprint density at radius 1 is 1.19 bits per heavy atom. The summed E-state index contributed by atoms with van der Waals surface area (Å²) in [4.78, 5) is 26.6. The van der Waals surface area contributed by atoms with Crippen LogP contribution in [0.3, 0.4) is 0 Å². The molecule has 7 heteroatoms. The van der Waals surface area contributed by atoms with Gasteiger partial charge in [-0.2, -0.15) is 0 Å². The molecule has 7 nitrogen and oxygen atoms in total. The molecular formula is C19H23NO6. The fraction of sp³-hybridized carbons (Fsp3) is 0.579. The number of carboxylic acids is 1. The van der Waals surface area contributed by atoms with Crippen molar-refractivity contribution >= 4 is 11.9 Å². The average molecular weight is 361 g/mol. The Kier molecular flexibility index (Phi) is 4.38. The molecule has 0 spiro atoms. The first kappa shape index (κ1) is 17.0. The number of nitrogens with zero attached hydrogens (tertiary/aromatic N) is 1. The van der Waals surface area contributed by atoms with E-state index in [0.29, 0.717) is 42.4 Å². The van der Waals surface area contributed by atoms with Crippen molar-refractivity contribution in [1.82, 2.24) is 4.90 Å². The Balaban J connectivity index is 1.70. The van der Waals surface area contributed by atoms with Crippen molar-refractivity contribution in [3.63, 3.8) is 0 Å². The lowest BCUT2D eigenvalue weighted by atomic mass is 9.84. The van der Waals surface area contributed by atoms with Crippen LogP contribution >= 0.6 is 0 Å². The van der Waals surface area contributed by atoms with Crippen LogP contribution < -0.4 is 14.2 Å². The van der Waals surface area contributed by atoms with Gasteiger partial charge in [-0.3, -0.25) is 4.79 Å². The maximum Gasteiger partial charge on any atom is 0.326 e. The number of rotatable bonds is 3. The minimum Gasteiger partial charge on any atom is -0.493 e. The minimum atomic E-state index is -0.933.